The van der Waals surface area contributed by atoms with Gasteiger partial charge in [0.1, 0.15) is 0 Å². The van der Waals surface area contributed by atoms with Crippen molar-refractivity contribution in [1.82, 2.24) is 19.7 Å². The van der Waals surface area contributed by atoms with Crippen LogP contribution in [0.25, 0.3) is 22.3 Å². The van der Waals surface area contributed by atoms with Crippen LogP contribution in [0.1, 0.15) is 22.8 Å². The first kappa shape index (κ1) is 20.8. The van der Waals surface area contributed by atoms with Gasteiger partial charge in [-0.3, -0.25) is 4.79 Å². The van der Waals surface area contributed by atoms with Crippen molar-refractivity contribution in [2.24, 2.45) is 0 Å². The lowest BCUT2D eigenvalue weighted by atomic mass is 10.1. The van der Waals surface area contributed by atoms with Crippen molar-refractivity contribution in [3.63, 3.8) is 0 Å². The van der Waals surface area contributed by atoms with Crippen molar-refractivity contribution in [2.75, 3.05) is 26.0 Å². The van der Waals surface area contributed by atoms with Crippen LogP contribution in [0.2, 0.25) is 0 Å². The first-order chi connectivity index (χ1) is 15.0. The van der Waals surface area contributed by atoms with Crippen LogP contribution in [0, 0.1) is 0 Å². The van der Waals surface area contributed by atoms with Crippen molar-refractivity contribution in [3.8, 4) is 11.3 Å². The van der Waals surface area contributed by atoms with E-state index in [1.54, 1.807) is 6.20 Å². The number of hydrogen-bond donors (Lipinski definition) is 1. The highest BCUT2D eigenvalue weighted by Crippen LogP contribution is 2.25. The van der Waals surface area contributed by atoms with E-state index in [0.717, 1.165) is 35.3 Å². The molecule has 2 aromatic carbocycles. The second-order valence-electron chi connectivity index (χ2n) is 7.82. The van der Waals surface area contributed by atoms with Crippen LogP contribution < -0.4 is 5.32 Å². The molecule has 1 amide bonds. The van der Waals surface area contributed by atoms with Gasteiger partial charge in [-0.25, -0.2) is 9.67 Å². The highest BCUT2D eigenvalue weighted by molar-refractivity contribution is 6.12. The molecule has 0 bridgehead atoms. The number of aromatic nitrogens is 3. The fourth-order valence-corrected chi connectivity index (χ4v) is 3.53. The molecule has 31 heavy (non-hydrogen) atoms. The van der Waals surface area contributed by atoms with Crippen LogP contribution in [0.15, 0.2) is 66.9 Å². The van der Waals surface area contributed by atoms with E-state index in [0.29, 0.717) is 17.8 Å². The molecule has 2 heterocycles. The fourth-order valence-electron chi connectivity index (χ4n) is 3.53. The highest BCUT2D eigenvalue weighted by atomic mass is 16.1. The molecule has 0 fully saturated rings. The Morgan fingerprint density at radius 1 is 1.06 bits per heavy atom. The number of rotatable bonds is 7. The van der Waals surface area contributed by atoms with E-state index in [1.165, 1.54) is 5.56 Å². The Morgan fingerprint density at radius 2 is 1.81 bits per heavy atom. The van der Waals surface area contributed by atoms with E-state index in [4.69, 9.17) is 4.98 Å². The standard InChI is InChI=1S/C25H27N5O/c1-4-30-24-22(17-26-30)21(16-23(28-24)19-8-6-5-7-9-19)25(31)27-20-12-10-18(11-13-20)14-15-29(2)3/h5-13,16-17H,4,14-15H2,1-3H3,(H,27,31). The molecule has 4 aromatic rings. The maximum atomic E-state index is 13.2. The lowest BCUT2D eigenvalue weighted by Crippen LogP contribution is -2.15. The molecule has 0 saturated carbocycles. The molecule has 2 aromatic heterocycles. The summed E-state index contributed by atoms with van der Waals surface area (Å²) in [7, 11) is 4.13. The molecule has 0 aliphatic carbocycles. The predicted molar refractivity (Wildman–Crippen MR) is 125 cm³/mol. The predicted octanol–water partition coefficient (Wildman–Crippen LogP) is 4.47. The number of nitrogens with zero attached hydrogens (tertiary/aromatic N) is 4. The van der Waals surface area contributed by atoms with E-state index < -0.39 is 0 Å². The number of anilines is 1. The normalized spacial score (nSPS) is 11.2. The Hall–Kier alpha value is -3.51. The van der Waals surface area contributed by atoms with E-state index in [1.807, 2.05) is 60.1 Å². The number of fused-ring (bicyclic) bond motifs is 1. The molecule has 6 nitrogen and oxygen atoms in total. The number of pyridine rings is 1. The average molecular weight is 414 g/mol. The minimum absolute atomic E-state index is 0.165. The summed E-state index contributed by atoms with van der Waals surface area (Å²) in [4.78, 5) is 20.2. The SMILES string of the molecule is CCn1ncc2c(C(=O)Nc3ccc(CCN(C)C)cc3)cc(-c3ccccc3)nc21. The number of likely N-dealkylation sites (N-methyl/N-ethyl adjacent to an activating group) is 1. The maximum absolute atomic E-state index is 13.2. The average Bonchev–Trinajstić information content (AvgIpc) is 3.21. The second-order valence-corrected chi connectivity index (χ2v) is 7.82. The van der Waals surface area contributed by atoms with Gasteiger partial charge in [-0.2, -0.15) is 5.10 Å². The summed E-state index contributed by atoms with van der Waals surface area (Å²) >= 11 is 0. The zero-order valence-electron chi connectivity index (χ0n) is 18.2. The van der Waals surface area contributed by atoms with Gasteiger partial charge in [0, 0.05) is 24.3 Å². The van der Waals surface area contributed by atoms with E-state index >= 15 is 0 Å². The third kappa shape index (κ3) is 4.64. The lowest BCUT2D eigenvalue weighted by Gasteiger charge is -2.11. The summed E-state index contributed by atoms with van der Waals surface area (Å²) in [6.45, 7) is 3.69. The van der Waals surface area contributed by atoms with E-state index in [-0.39, 0.29) is 5.91 Å². The van der Waals surface area contributed by atoms with Crippen LogP contribution in [0.5, 0.6) is 0 Å². The van der Waals surface area contributed by atoms with Crippen LogP contribution >= 0.6 is 0 Å². The van der Waals surface area contributed by atoms with Crippen LogP contribution in [0.3, 0.4) is 0 Å². The van der Waals surface area contributed by atoms with Crippen LogP contribution in [-0.4, -0.2) is 46.2 Å². The van der Waals surface area contributed by atoms with Gasteiger partial charge in [0.2, 0.25) is 0 Å². The summed E-state index contributed by atoms with van der Waals surface area (Å²) in [5.74, 6) is -0.165. The molecule has 4 rings (SSSR count). The minimum atomic E-state index is -0.165. The molecular formula is C25H27N5O. The molecule has 0 unspecified atom stereocenters. The summed E-state index contributed by atoms with van der Waals surface area (Å²) < 4.78 is 1.82. The van der Waals surface area contributed by atoms with Crippen molar-refractivity contribution >= 4 is 22.6 Å². The summed E-state index contributed by atoms with van der Waals surface area (Å²) in [6, 6.07) is 19.8. The molecule has 6 heteroatoms. The molecule has 0 spiro atoms. The molecule has 0 aliphatic heterocycles. The fraction of sp³-hybridized carbons (Fsp3) is 0.240. The van der Waals surface area contributed by atoms with Crippen molar-refractivity contribution in [2.45, 2.75) is 19.9 Å². The van der Waals surface area contributed by atoms with E-state index in [2.05, 4.69) is 41.5 Å². The zero-order valence-corrected chi connectivity index (χ0v) is 18.2. The molecular weight excluding hydrogens is 386 g/mol. The number of carbonyl (C=O) groups is 1. The Labute approximate surface area is 182 Å². The smallest absolute Gasteiger partial charge is 0.256 e. The first-order valence-corrected chi connectivity index (χ1v) is 10.5. The quantitative estimate of drug-likeness (QED) is 0.485. The third-order valence-corrected chi connectivity index (χ3v) is 5.28. The van der Waals surface area contributed by atoms with E-state index in [9.17, 15) is 4.79 Å². The summed E-state index contributed by atoms with van der Waals surface area (Å²) in [5, 5.41) is 8.20. The Kier molecular flexibility index (Phi) is 6.09. The van der Waals surface area contributed by atoms with Crippen molar-refractivity contribution in [1.29, 1.82) is 0 Å². The molecule has 0 atom stereocenters. The number of carbonyl (C=O) groups excluding carboxylic acids is 1. The van der Waals surface area contributed by atoms with Gasteiger partial charge in [-0.05, 0) is 51.2 Å². The molecule has 158 valence electrons. The number of nitrogens with one attached hydrogen (secondary N) is 1. The van der Waals surface area contributed by atoms with Gasteiger partial charge in [-0.1, -0.05) is 42.5 Å². The minimum Gasteiger partial charge on any atom is -0.322 e. The number of amides is 1. The Bertz CT molecular complexity index is 1180. The first-order valence-electron chi connectivity index (χ1n) is 10.5. The molecule has 0 saturated heterocycles. The van der Waals surface area contributed by atoms with Crippen molar-refractivity contribution < 1.29 is 4.79 Å². The van der Waals surface area contributed by atoms with Crippen LogP contribution in [-0.2, 0) is 13.0 Å². The van der Waals surface area contributed by atoms with Gasteiger partial charge in [0.15, 0.2) is 5.65 Å². The summed E-state index contributed by atoms with van der Waals surface area (Å²) in [5.41, 5.74) is 5.02. The second kappa shape index (κ2) is 9.10. The summed E-state index contributed by atoms with van der Waals surface area (Å²) in [6.07, 6.45) is 2.70. The third-order valence-electron chi connectivity index (χ3n) is 5.28. The highest BCUT2D eigenvalue weighted by Gasteiger charge is 2.17. The number of aryl methyl sites for hydroxylation is 1. The van der Waals surface area contributed by atoms with Gasteiger partial charge in [0.25, 0.3) is 5.91 Å². The molecule has 0 aliphatic rings. The molecule has 1 N–H and O–H groups in total. The van der Waals surface area contributed by atoms with Gasteiger partial charge in [-0.15, -0.1) is 0 Å². The Balaban J connectivity index is 1.65. The van der Waals surface area contributed by atoms with Gasteiger partial charge < -0.3 is 10.2 Å². The Morgan fingerprint density at radius 3 is 2.48 bits per heavy atom. The lowest BCUT2D eigenvalue weighted by molar-refractivity contribution is 0.102. The molecule has 0 radical (unpaired) electrons. The topological polar surface area (TPSA) is 63.1 Å². The largest absolute Gasteiger partial charge is 0.322 e. The van der Waals surface area contributed by atoms with Crippen molar-refractivity contribution in [3.05, 3.63) is 78.0 Å². The van der Waals surface area contributed by atoms with Gasteiger partial charge >= 0.3 is 0 Å². The van der Waals surface area contributed by atoms with Crippen LogP contribution in [0.4, 0.5) is 5.69 Å². The number of benzene rings is 2. The van der Waals surface area contributed by atoms with Gasteiger partial charge in [0.05, 0.1) is 22.8 Å². The zero-order chi connectivity index (χ0) is 21.8. The number of hydrogen-bond acceptors (Lipinski definition) is 4. The monoisotopic (exact) mass is 413 g/mol. The maximum Gasteiger partial charge on any atom is 0.256 e.